The largest absolute Gasteiger partial charge is 0.377 e. The molecule has 0 amide bonds. The van der Waals surface area contributed by atoms with Gasteiger partial charge < -0.3 is 4.90 Å². The van der Waals surface area contributed by atoms with E-state index in [1.165, 1.54) is 22.4 Å². The summed E-state index contributed by atoms with van der Waals surface area (Å²) in [5.74, 6) is 0. The highest BCUT2D eigenvalue weighted by Crippen LogP contribution is 2.31. The zero-order valence-electron chi connectivity index (χ0n) is 12.8. The molecule has 2 rings (SSSR count). The van der Waals surface area contributed by atoms with Gasteiger partial charge in [0, 0.05) is 23.2 Å². The first-order valence-corrected chi connectivity index (χ1v) is 8.51. The van der Waals surface area contributed by atoms with Crippen molar-refractivity contribution in [2.75, 3.05) is 13.1 Å². The van der Waals surface area contributed by atoms with Crippen LogP contribution in [0.4, 0.5) is 0 Å². The van der Waals surface area contributed by atoms with Gasteiger partial charge in [0.2, 0.25) is 0 Å². The van der Waals surface area contributed by atoms with Crippen molar-refractivity contribution in [2.45, 2.75) is 35.8 Å². The lowest BCUT2D eigenvalue weighted by molar-refractivity contribution is 0.471. The van der Waals surface area contributed by atoms with E-state index in [4.69, 9.17) is 0 Å². The van der Waals surface area contributed by atoms with E-state index in [2.05, 4.69) is 42.8 Å². The first-order valence-electron chi connectivity index (χ1n) is 7.63. The Hall–Kier alpha value is -1.41. The number of rotatable bonds is 8. The normalized spacial score (nSPS) is 17.7. The lowest BCUT2D eigenvalue weighted by Crippen LogP contribution is -2.13. The Morgan fingerprint density at radius 2 is 2.05 bits per heavy atom. The second-order valence-corrected chi connectivity index (χ2v) is 6.83. The van der Waals surface area contributed by atoms with Crippen LogP contribution in [0.25, 0.3) is 0 Å². The molecule has 112 valence electrons. The van der Waals surface area contributed by atoms with Crippen LogP contribution < -0.4 is 0 Å². The van der Waals surface area contributed by atoms with E-state index in [1.807, 2.05) is 30.1 Å². The van der Waals surface area contributed by atoms with Gasteiger partial charge in [0.1, 0.15) is 0 Å². The maximum Gasteiger partial charge on any atom is 0.0295 e. The quantitative estimate of drug-likeness (QED) is 0.632. The zero-order valence-corrected chi connectivity index (χ0v) is 13.6. The van der Waals surface area contributed by atoms with Gasteiger partial charge in [-0.1, -0.05) is 24.8 Å². The molecule has 1 heterocycles. The second-order valence-electron chi connectivity index (χ2n) is 5.46. The van der Waals surface area contributed by atoms with E-state index in [0.717, 1.165) is 32.4 Å². The monoisotopic (exact) mass is 299 g/mol. The predicted molar refractivity (Wildman–Crippen MR) is 94.9 cm³/mol. The van der Waals surface area contributed by atoms with Crippen molar-refractivity contribution in [2.24, 2.45) is 0 Å². The fraction of sp³-hybridized carbons (Fsp3) is 0.368. The van der Waals surface area contributed by atoms with E-state index in [-0.39, 0.29) is 0 Å². The molecular weight excluding hydrogens is 274 g/mol. The van der Waals surface area contributed by atoms with Gasteiger partial charge in [-0.3, -0.25) is 0 Å². The topological polar surface area (TPSA) is 3.24 Å². The van der Waals surface area contributed by atoms with Crippen LogP contribution in [-0.4, -0.2) is 23.2 Å². The molecule has 1 aliphatic rings. The predicted octanol–water partition coefficient (Wildman–Crippen LogP) is 4.84. The highest BCUT2D eigenvalue weighted by atomic mass is 32.2. The summed E-state index contributed by atoms with van der Waals surface area (Å²) in [4.78, 5) is 3.69. The smallest absolute Gasteiger partial charge is 0.0295 e. The van der Waals surface area contributed by atoms with E-state index >= 15 is 0 Å². The molecule has 2 heteroatoms. The van der Waals surface area contributed by atoms with Crippen molar-refractivity contribution < 1.29 is 0 Å². The molecule has 1 fully saturated rings. The molecule has 1 atom stereocenters. The first-order chi connectivity index (χ1) is 10.3. The standard InChI is InChI=1S/C19H25NS/c1-4-7-9-16-10-11-18(14-17(16)8-5-2)21-19-12-13-20(6-3)15-19/h4-6,10-11,14,19H,1-3,7-9,12-13,15H2. The number of benzene rings is 1. The summed E-state index contributed by atoms with van der Waals surface area (Å²) in [6.45, 7) is 13.8. The third-order valence-corrected chi connectivity index (χ3v) is 5.14. The van der Waals surface area contributed by atoms with Gasteiger partial charge in [0.15, 0.2) is 0 Å². The summed E-state index contributed by atoms with van der Waals surface area (Å²) >= 11 is 2.00. The number of aryl methyl sites for hydroxylation is 1. The number of hydrogen-bond donors (Lipinski definition) is 0. The molecule has 1 nitrogen and oxygen atoms in total. The molecule has 0 spiro atoms. The lowest BCUT2D eigenvalue weighted by Gasteiger charge is -2.14. The highest BCUT2D eigenvalue weighted by Gasteiger charge is 2.20. The minimum atomic E-state index is 0.679. The van der Waals surface area contributed by atoms with Gasteiger partial charge in [0.05, 0.1) is 0 Å². The summed E-state index contributed by atoms with van der Waals surface area (Å²) in [6, 6.07) is 6.90. The van der Waals surface area contributed by atoms with Gasteiger partial charge in [0.25, 0.3) is 0 Å². The first kappa shape index (κ1) is 16.0. The third kappa shape index (κ3) is 4.53. The molecule has 1 unspecified atom stereocenters. The fourth-order valence-corrected chi connectivity index (χ4v) is 3.96. The zero-order chi connectivity index (χ0) is 15.1. The van der Waals surface area contributed by atoms with Crippen LogP contribution in [0.2, 0.25) is 0 Å². The molecule has 1 saturated heterocycles. The van der Waals surface area contributed by atoms with Crippen molar-refractivity contribution in [1.29, 1.82) is 0 Å². The van der Waals surface area contributed by atoms with Crippen LogP contribution in [0.3, 0.4) is 0 Å². The number of thioether (sulfide) groups is 1. The molecule has 0 saturated carbocycles. The van der Waals surface area contributed by atoms with Crippen LogP contribution in [-0.2, 0) is 12.8 Å². The Kier molecular flexibility index (Phi) is 6.19. The Balaban J connectivity index is 2.06. The fourth-order valence-electron chi connectivity index (χ4n) is 2.73. The summed E-state index contributed by atoms with van der Waals surface area (Å²) in [7, 11) is 0. The maximum absolute atomic E-state index is 3.89. The number of likely N-dealkylation sites (tertiary alicyclic amines) is 1. The van der Waals surface area contributed by atoms with E-state index < -0.39 is 0 Å². The molecule has 0 N–H and O–H groups in total. The van der Waals surface area contributed by atoms with E-state index in [1.54, 1.807) is 0 Å². The van der Waals surface area contributed by atoms with Crippen LogP contribution in [0, 0.1) is 0 Å². The molecule has 0 aromatic heterocycles. The third-order valence-electron chi connectivity index (χ3n) is 3.90. The van der Waals surface area contributed by atoms with Crippen LogP contribution >= 0.6 is 11.8 Å². The molecule has 0 aliphatic carbocycles. The van der Waals surface area contributed by atoms with Crippen LogP contribution in [0.15, 0.2) is 61.2 Å². The van der Waals surface area contributed by atoms with Crippen LogP contribution in [0.5, 0.6) is 0 Å². The van der Waals surface area contributed by atoms with Crippen molar-refractivity contribution in [3.63, 3.8) is 0 Å². The summed E-state index contributed by atoms with van der Waals surface area (Å²) < 4.78 is 0. The van der Waals surface area contributed by atoms with Crippen molar-refractivity contribution in [3.05, 3.63) is 67.4 Å². The molecule has 1 aromatic rings. The Morgan fingerprint density at radius 1 is 1.19 bits per heavy atom. The second kappa shape index (κ2) is 8.14. The summed E-state index contributed by atoms with van der Waals surface area (Å²) in [5.41, 5.74) is 2.84. The van der Waals surface area contributed by atoms with Gasteiger partial charge in [-0.05, 0) is 55.1 Å². The Bertz CT molecular complexity index is 506. The Morgan fingerprint density at radius 3 is 2.71 bits per heavy atom. The maximum atomic E-state index is 3.89. The Labute approximate surface area is 133 Å². The van der Waals surface area contributed by atoms with Gasteiger partial charge in [-0.15, -0.1) is 24.9 Å². The number of nitrogens with zero attached hydrogens (tertiary/aromatic N) is 1. The summed E-state index contributed by atoms with van der Waals surface area (Å²) in [5, 5.41) is 0.679. The van der Waals surface area contributed by atoms with Crippen LogP contribution in [0.1, 0.15) is 24.0 Å². The van der Waals surface area contributed by atoms with Crippen molar-refractivity contribution in [3.8, 4) is 0 Å². The minimum absolute atomic E-state index is 0.679. The van der Waals surface area contributed by atoms with Gasteiger partial charge in [-0.25, -0.2) is 0 Å². The summed E-state index contributed by atoms with van der Waals surface area (Å²) in [6.07, 6.45) is 10.2. The number of allylic oxidation sites excluding steroid dienone is 2. The molecule has 21 heavy (non-hydrogen) atoms. The average Bonchev–Trinajstić information content (AvgIpc) is 2.94. The van der Waals surface area contributed by atoms with Gasteiger partial charge in [-0.2, -0.15) is 0 Å². The SMILES string of the molecule is C=CCCc1ccc(SC2CCN(C=C)C2)cc1CC=C. The average molecular weight is 299 g/mol. The van der Waals surface area contributed by atoms with E-state index in [9.17, 15) is 0 Å². The van der Waals surface area contributed by atoms with Crippen molar-refractivity contribution >= 4 is 11.8 Å². The van der Waals surface area contributed by atoms with Gasteiger partial charge >= 0.3 is 0 Å². The van der Waals surface area contributed by atoms with Crippen molar-refractivity contribution in [1.82, 2.24) is 4.90 Å². The highest BCUT2D eigenvalue weighted by molar-refractivity contribution is 8.00. The molecule has 0 radical (unpaired) electrons. The minimum Gasteiger partial charge on any atom is -0.377 e. The molecular formula is C19H25NS. The molecule has 1 aliphatic heterocycles. The molecule has 0 bridgehead atoms. The number of hydrogen-bond acceptors (Lipinski definition) is 2. The van der Waals surface area contributed by atoms with E-state index in [0.29, 0.717) is 5.25 Å². The molecule has 1 aromatic carbocycles. The lowest BCUT2D eigenvalue weighted by atomic mass is 10.0.